The highest BCUT2D eigenvalue weighted by Gasteiger charge is 2.01. The number of halogens is 1. The van der Waals surface area contributed by atoms with E-state index >= 15 is 0 Å². The van der Waals surface area contributed by atoms with Crippen LogP contribution < -0.4 is 5.32 Å². The normalized spacial score (nSPS) is 9.38. The fourth-order valence-corrected chi connectivity index (χ4v) is 1.31. The Balaban J connectivity index is 3.07. The van der Waals surface area contributed by atoms with E-state index in [0.29, 0.717) is 11.3 Å². The number of hydrogen-bond acceptors (Lipinski definition) is 2. The van der Waals surface area contributed by atoms with Crippen LogP contribution in [-0.2, 0) is 4.79 Å². The Morgan fingerprint density at radius 2 is 2.31 bits per heavy atom. The van der Waals surface area contributed by atoms with Crippen molar-refractivity contribution in [3.05, 3.63) is 28.2 Å². The minimum absolute atomic E-state index is 0.138. The van der Waals surface area contributed by atoms with Gasteiger partial charge in [0.25, 0.3) is 0 Å². The van der Waals surface area contributed by atoms with Crippen LogP contribution in [0.4, 0.5) is 5.69 Å². The van der Waals surface area contributed by atoms with E-state index in [-0.39, 0.29) is 5.91 Å². The summed E-state index contributed by atoms with van der Waals surface area (Å²) in [6.07, 6.45) is 1.21. The smallest absolute Gasteiger partial charge is 0.221 e. The van der Waals surface area contributed by atoms with Gasteiger partial charge in [-0.3, -0.25) is 4.79 Å². The fourth-order valence-electron chi connectivity index (χ4n) is 0.952. The lowest BCUT2D eigenvalue weighted by molar-refractivity contribution is -0.114. The minimum atomic E-state index is -0.138. The van der Waals surface area contributed by atoms with Gasteiger partial charge in [-0.15, -0.1) is 0 Å². The zero-order chi connectivity index (χ0) is 9.84. The third-order valence-corrected chi connectivity index (χ3v) is 1.97. The van der Waals surface area contributed by atoms with Gasteiger partial charge in [0.1, 0.15) is 0 Å². The monoisotopic (exact) mass is 240 g/mol. The average molecular weight is 241 g/mol. The third-order valence-electron chi connectivity index (χ3n) is 1.48. The second-order valence-corrected chi connectivity index (χ2v) is 3.47. The molecule has 13 heavy (non-hydrogen) atoms. The molecule has 0 atom stereocenters. The van der Waals surface area contributed by atoms with Crippen LogP contribution in [0.5, 0.6) is 0 Å². The second-order valence-electron chi connectivity index (χ2n) is 2.56. The first-order valence-electron chi connectivity index (χ1n) is 3.71. The number of hydrogen-bond donors (Lipinski definition) is 2. The van der Waals surface area contributed by atoms with Gasteiger partial charge >= 0.3 is 0 Å². The highest BCUT2D eigenvalue weighted by atomic mass is 79.9. The molecule has 1 amide bonds. The van der Waals surface area contributed by atoms with Crippen LogP contribution in [0.2, 0.25) is 0 Å². The Morgan fingerprint density at radius 1 is 1.62 bits per heavy atom. The molecule has 4 heteroatoms. The van der Waals surface area contributed by atoms with Gasteiger partial charge < -0.3 is 10.7 Å². The molecule has 0 aliphatic rings. The largest absolute Gasteiger partial charge is 0.326 e. The summed E-state index contributed by atoms with van der Waals surface area (Å²) in [5, 5.41) is 9.75. The van der Waals surface area contributed by atoms with Crippen molar-refractivity contribution in [3.8, 4) is 0 Å². The lowest BCUT2D eigenvalue weighted by atomic mass is 10.2. The van der Waals surface area contributed by atoms with Gasteiger partial charge in [-0.2, -0.15) is 0 Å². The summed E-state index contributed by atoms with van der Waals surface area (Å²) in [7, 11) is 0. The van der Waals surface area contributed by atoms with Gasteiger partial charge in [0.15, 0.2) is 0 Å². The topological polar surface area (TPSA) is 53.0 Å². The standard InChI is InChI=1S/C9H9BrN2O/c1-6(13)12-9-4-8(10)3-2-7(9)5-11/h2-5,11H,1H3,(H,12,13). The molecule has 2 N–H and O–H groups in total. The predicted molar refractivity (Wildman–Crippen MR) is 56.3 cm³/mol. The Morgan fingerprint density at radius 3 is 2.85 bits per heavy atom. The van der Waals surface area contributed by atoms with Gasteiger partial charge in [0.2, 0.25) is 5.91 Å². The molecule has 0 spiro atoms. The Hall–Kier alpha value is -1.16. The van der Waals surface area contributed by atoms with E-state index in [0.717, 1.165) is 4.47 Å². The third kappa shape index (κ3) is 2.66. The maximum absolute atomic E-state index is 10.8. The molecule has 0 radical (unpaired) electrons. The van der Waals surface area contributed by atoms with E-state index < -0.39 is 0 Å². The molecule has 1 aromatic carbocycles. The van der Waals surface area contributed by atoms with E-state index in [1.165, 1.54) is 13.1 Å². The second kappa shape index (κ2) is 4.18. The van der Waals surface area contributed by atoms with Gasteiger partial charge in [0.05, 0.1) is 5.69 Å². The first-order chi connectivity index (χ1) is 6.13. The SMILES string of the molecule is CC(=O)Nc1cc(Br)ccc1C=N. The van der Waals surface area contributed by atoms with Crippen molar-refractivity contribution in [1.82, 2.24) is 0 Å². The van der Waals surface area contributed by atoms with Gasteiger partial charge in [-0.05, 0) is 12.1 Å². The van der Waals surface area contributed by atoms with Crippen molar-refractivity contribution in [2.24, 2.45) is 0 Å². The summed E-state index contributed by atoms with van der Waals surface area (Å²) in [5.74, 6) is -0.138. The lowest BCUT2D eigenvalue weighted by Crippen LogP contribution is -2.07. The molecule has 0 fully saturated rings. The molecule has 0 aromatic heterocycles. The van der Waals surface area contributed by atoms with E-state index in [1.807, 2.05) is 6.07 Å². The minimum Gasteiger partial charge on any atom is -0.326 e. The van der Waals surface area contributed by atoms with Crippen LogP contribution in [0.15, 0.2) is 22.7 Å². The van der Waals surface area contributed by atoms with Gasteiger partial charge in [-0.1, -0.05) is 22.0 Å². The van der Waals surface area contributed by atoms with E-state index in [9.17, 15) is 4.79 Å². The summed E-state index contributed by atoms with van der Waals surface area (Å²) in [5.41, 5.74) is 1.34. The molecular weight excluding hydrogens is 232 g/mol. The molecule has 0 saturated heterocycles. The summed E-state index contributed by atoms with van der Waals surface area (Å²) < 4.78 is 0.877. The molecule has 68 valence electrons. The van der Waals surface area contributed by atoms with E-state index in [2.05, 4.69) is 21.2 Å². The van der Waals surface area contributed by atoms with Crippen LogP contribution in [0.25, 0.3) is 0 Å². The van der Waals surface area contributed by atoms with Crippen molar-refractivity contribution in [1.29, 1.82) is 5.41 Å². The van der Waals surface area contributed by atoms with Crippen LogP contribution in [-0.4, -0.2) is 12.1 Å². The van der Waals surface area contributed by atoms with Crippen molar-refractivity contribution < 1.29 is 4.79 Å². The highest BCUT2D eigenvalue weighted by Crippen LogP contribution is 2.19. The van der Waals surface area contributed by atoms with Gasteiger partial charge in [-0.25, -0.2) is 0 Å². The fraction of sp³-hybridized carbons (Fsp3) is 0.111. The van der Waals surface area contributed by atoms with Crippen LogP contribution >= 0.6 is 15.9 Å². The lowest BCUT2D eigenvalue weighted by Gasteiger charge is -2.05. The summed E-state index contributed by atoms with van der Waals surface area (Å²) in [6, 6.07) is 5.36. The van der Waals surface area contributed by atoms with Crippen LogP contribution in [0, 0.1) is 5.41 Å². The molecule has 0 bridgehead atoms. The number of carbonyl (C=O) groups excluding carboxylic acids is 1. The zero-order valence-corrected chi connectivity index (χ0v) is 8.68. The molecular formula is C9H9BrN2O. The number of rotatable bonds is 2. The quantitative estimate of drug-likeness (QED) is 0.767. The maximum atomic E-state index is 10.8. The predicted octanol–water partition coefficient (Wildman–Crippen LogP) is 2.41. The Kier molecular flexibility index (Phi) is 3.19. The molecule has 1 rings (SSSR count). The molecule has 3 nitrogen and oxygen atoms in total. The zero-order valence-electron chi connectivity index (χ0n) is 7.10. The molecule has 1 aromatic rings. The summed E-state index contributed by atoms with van der Waals surface area (Å²) >= 11 is 3.29. The number of anilines is 1. The van der Waals surface area contributed by atoms with Crippen molar-refractivity contribution in [2.45, 2.75) is 6.92 Å². The number of nitrogens with one attached hydrogen (secondary N) is 2. The molecule has 0 unspecified atom stereocenters. The number of amides is 1. The highest BCUT2D eigenvalue weighted by molar-refractivity contribution is 9.10. The molecule has 0 heterocycles. The Labute approximate surface area is 84.8 Å². The average Bonchev–Trinajstić information content (AvgIpc) is 2.03. The van der Waals surface area contributed by atoms with Crippen LogP contribution in [0.3, 0.4) is 0 Å². The maximum Gasteiger partial charge on any atom is 0.221 e. The summed E-state index contributed by atoms with van der Waals surface area (Å²) in [6.45, 7) is 1.44. The number of carbonyl (C=O) groups is 1. The van der Waals surface area contributed by atoms with Crippen molar-refractivity contribution in [2.75, 3.05) is 5.32 Å². The molecule has 0 saturated carbocycles. The molecule has 0 aliphatic heterocycles. The van der Waals surface area contributed by atoms with E-state index in [1.54, 1.807) is 12.1 Å². The first kappa shape index (κ1) is 9.92. The van der Waals surface area contributed by atoms with Crippen molar-refractivity contribution >= 4 is 33.7 Å². The van der Waals surface area contributed by atoms with Crippen LogP contribution in [0.1, 0.15) is 12.5 Å². The van der Waals surface area contributed by atoms with E-state index in [4.69, 9.17) is 5.41 Å². The Bertz CT molecular complexity index is 349. The first-order valence-corrected chi connectivity index (χ1v) is 4.50. The number of benzene rings is 1. The summed E-state index contributed by atoms with van der Waals surface area (Å²) in [4.78, 5) is 10.8. The molecule has 0 aliphatic carbocycles. The van der Waals surface area contributed by atoms with Gasteiger partial charge in [0, 0.05) is 23.2 Å². The van der Waals surface area contributed by atoms with Crippen molar-refractivity contribution in [3.63, 3.8) is 0 Å².